The SMILES string of the molecule is Cc1nn(Cn2ccc(C(=O)NCCCn3nccc3C)n2)c(C)c1Cl. The van der Waals surface area contributed by atoms with Crippen molar-refractivity contribution < 1.29 is 4.79 Å². The molecule has 0 aromatic carbocycles. The lowest BCUT2D eigenvalue weighted by Crippen LogP contribution is -2.26. The molecule has 0 atom stereocenters. The minimum Gasteiger partial charge on any atom is -0.351 e. The molecule has 0 saturated heterocycles. The highest BCUT2D eigenvalue weighted by atomic mass is 35.5. The van der Waals surface area contributed by atoms with E-state index in [-0.39, 0.29) is 5.91 Å². The molecule has 3 heterocycles. The van der Waals surface area contributed by atoms with Gasteiger partial charge in [0.1, 0.15) is 12.4 Å². The lowest BCUT2D eigenvalue weighted by molar-refractivity contribution is 0.0946. The summed E-state index contributed by atoms with van der Waals surface area (Å²) >= 11 is 6.15. The predicted molar refractivity (Wildman–Crippen MR) is 98.3 cm³/mol. The maximum Gasteiger partial charge on any atom is 0.271 e. The van der Waals surface area contributed by atoms with Crippen molar-refractivity contribution in [2.45, 2.75) is 40.4 Å². The second-order valence-corrected chi connectivity index (χ2v) is 6.55. The van der Waals surface area contributed by atoms with Gasteiger partial charge in [0.15, 0.2) is 0 Å². The summed E-state index contributed by atoms with van der Waals surface area (Å²) in [4.78, 5) is 12.2. The van der Waals surface area contributed by atoms with E-state index in [1.165, 1.54) is 0 Å². The van der Waals surface area contributed by atoms with Crippen LogP contribution in [0.25, 0.3) is 0 Å². The first-order chi connectivity index (χ1) is 12.5. The largest absolute Gasteiger partial charge is 0.351 e. The van der Waals surface area contributed by atoms with E-state index in [0.29, 0.717) is 23.9 Å². The van der Waals surface area contributed by atoms with Crippen LogP contribution in [0.15, 0.2) is 24.5 Å². The highest BCUT2D eigenvalue weighted by Gasteiger charge is 2.12. The summed E-state index contributed by atoms with van der Waals surface area (Å²) in [5.41, 5.74) is 3.15. The Hall–Kier alpha value is -2.61. The smallest absolute Gasteiger partial charge is 0.271 e. The fraction of sp³-hybridized carbons (Fsp3) is 0.412. The second-order valence-electron chi connectivity index (χ2n) is 6.17. The fourth-order valence-electron chi connectivity index (χ4n) is 2.67. The average Bonchev–Trinajstić information content (AvgIpc) is 3.30. The Morgan fingerprint density at radius 1 is 1.19 bits per heavy atom. The van der Waals surface area contributed by atoms with Crippen molar-refractivity contribution in [2.24, 2.45) is 0 Å². The molecular weight excluding hydrogens is 354 g/mol. The van der Waals surface area contributed by atoms with Gasteiger partial charge in [-0.2, -0.15) is 15.3 Å². The molecule has 138 valence electrons. The molecule has 0 saturated carbocycles. The van der Waals surface area contributed by atoms with Crippen molar-refractivity contribution in [1.29, 1.82) is 0 Å². The number of aryl methyl sites for hydroxylation is 3. The van der Waals surface area contributed by atoms with E-state index in [1.54, 1.807) is 27.8 Å². The summed E-state index contributed by atoms with van der Waals surface area (Å²) in [6.45, 7) is 7.52. The molecule has 0 fully saturated rings. The highest BCUT2D eigenvalue weighted by molar-refractivity contribution is 6.31. The number of carbonyl (C=O) groups is 1. The van der Waals surface area contributed by atoms with Gasteiger partial charge in [0.25, 0.3) is 5.91 Å². The molecule has 0 aliphatic heterocycles. The van der Waals surface area contributed by atoms with Crippen molar-refractivity contribution in [2.75, 3.05) is 6.54 Å². The summed E-state index contributed by atoms with van der Waals surface area (Å²) in [6, 6.07) is 3.65. The zero-order valence-electron chi connectivity index (χ0n) is 15.1. The molecule has 0 spiro atoms. The molecule has 26 heavy (non-hydrogen) atoms. The first kappa shape index (κ1) is 18.2. The highest BCUT2D eigenvalue weighted by Crippen LogP contribution is 2.18. The number of carbonyl (C=O) groups excluding carboxylic acids is 1. The Bertz CT molecular complexity index is 908. The molecule has 8 nitrogen and oxygen atoms in total. The number of amides is 1. The van der Waals surface area contributed by atoms with Gasteiger partial charge in [-0.3, -0.25) is 14.2 Å². The lowest BCUT2D eigenvalue weighted by Gasteiger charge is -2.06. The summed E-state index contributed by atoms with van der Waals surface area (Å²) in [6.07, 6.45) is 4.34. The van der Waals surface area contributed by atoms with Gasteiger partial charge < -0.3 is 5.32 Å². The van der Waals surface area contributed by atoms with Gasteiger partial charge >= 0.3 is 0 Å². The Morgan fingerprint density at radius 3 is 2.65 bits per heavy atom. The van der Waals surface area contributed by atoms with E-state index >= 15 is 0 Å². The summed E-state index contributed by atoms with van der Waals surface area (Å²) in [7, 11) is 0. The molecule has 0 aliphatic carbocycles. The molecule has 1 N–H and O–H groups in total. The minimum atomic E-state index is -0.188. The molecule has 3 aromatic rings. The molecule has 0 radical (unpaired) electrons. The maximum atomic E-state index is 12.2. The van der Waals surface area contributed by atoms with Gasteiger partial charge in [0, 0.05) is 31.2 Å². The average molecular weight is 376 g/mol. The van der Waals surface area contributed by atoms with Crippen LogP contribution in [-0.4, -0.2) is 41.8 Å². The lowest BCUT2D eigenvalue weighted by atomic mass is 10.3. The Labute approximate surface area is 156 Å². The van der Waals surface area contributed by atoms with Crippen LogP contribution in [0.1, 0.15) is 34.0 Å². The van der Waals surface area contributed by atoms with Crippen molar-refractivity contribution in [3.8, 4) is 0 Å². The number of nitrogens with zero attached hydrogens (tertiary/aromatic N) is 6. The molecule has 3 rings (SSSR count). The third kappa shape index (κ3) is 3.96. The molecular formula is C17H22ClN7O. The van der Waals surface area contributed by atoms with E-state index in [0.717, 1.165) is 30.0 Å². The number of rotatable bonds is 7. The van der Waals surface area contributed by atoms with E-state index < -0.39 is 0 Å². The van der Waals surface area contributed by atoms with Crippen LogP contribution in [0, 0.1) is 20.8 Å². The van der Waals surface area contributed by atoms with Crippen LogP contribution in [0.3, 0.4) is 0 Å². The topological polar surface area (TPSA) is 82.6 Å². The Morgan fingerprint density at radius 2 is 2.00 bits per heavy atom. The van der Waals surface area contributed by atoms with E-state index in [4.69, 9.17) is 11.6 Å². The fourth-order valence-corrected chi connectivity index (χ4v) is 2.80. The number of hydrogen-bond acceptors (Lipinski definition) is 4. The minimum absolute atomic E-state index is 0.188. The molecule has 0 aliphatic rings. The Kier molecular flexibility index (Phi) is 5.41. The maximum absolute atomic E-state index is 12.2. The standard InChI is InChI=1S/C17H22ClN7O/c1-12-5-8-20-24(12)9-4-7-19-17(26)15-6-10-23(22-15)11-25-14(3)16(18)13(2)21-25/h5-6,8,10H,4,7,9,11H2,1-3H3,(H,19,26). The van der Waals surface area contributed by atoms with E-state index in [9.17, 15) is 4.79 Å². The van der Waals surface area contributed by atoms with Crippen LogP contribution >= 0.6 is 11.6 Å². The van der Waals surface area contributed by atoms with Gasteiger partial charge in [0.2, 0.25) is 0 Å². The van der Waals surface area contributed by atoms with E-state index in [1.807, 2.05) is 31.5 Å². The second kappa shape index (κ2) is 7.74. The number of hydrogen-bond donors (Lipinski definition) is 1. The van der Waals surface area contributed by atoms with Crippen LogP contribution in [0.5, 0.6) is 0 Å². The van der Waals surface area contributed by atoms with Crippen LogP contribution in [0.2, 0.25) is 5.02 Å². The quantitative estimate of drug-likeness (QED) is 0.641. The van der Waals surface area contributed by atoms with Crippen molar-refractivity contribution in [1.82, 2.24) is 34.7 Å². The first-order valence-electron chi connectivity index (χ1n) is 8.45. The van der Waals surface area contributed by atoms with Crippen molar-refractivity contribution >= 4 is 17.5 Å². The molecule has 9 heteroatoms. The molecule has 0 unspecified atom stereocenters. The van der Waals surface area contributed by atoms with Gasteiger partial charge in [-0.05, 0) is 39.3 Å². The number of halogens is 1. The third-order valence-corrected chi connectivity index (χ3v) is 4.75. The zero-order chi connectivity index (χ0) is 18.7. The van der Waals surface area contributed by atoms with Crippen LogP contribution in [-0.2, 0) is 13.2 Å². The van der Waals surface area contributed by atoms with Crippen molar-refractivity contribution in [3.05, 3.63) is 52.3 Å². The van der Waals surface area contributed by atoms with Crippen LogP contribution in [0.4, 0.5) is 0 Å². The summed E-state index contributed by atoms with van der Waals surface area (Å²) in [5.74, 6) is -0.188. The normalized spacial score (nSPS) is 11.1. The number of aromatic nitrogens is 6. The predicted octanol–water partition coefficient (Wildman–Crippen LogP) is 2.18. The molecule has 1 amide bonds. The van der Waals surface area contributed by atoms with Crippen LogP contribution < -0.4 is 5.32 Å². The zero-order valence-corrected chi connectivity index (χ0v) is 15.9. The number of nitrogens with one attached hydrogen (secondary N) is 1. The Balaban J connectivity index is 1.51. The molecule has 3 aromatic heterocycles. The summed E-state index contributed by atoms with van der Waals surface area (Å²) < 4.78 is 5.34. The van der Waals surface area contributed by atoms with Gasteiger partial charge in [0.05, 0.1) is 16.4 Å². The first-order valence-corrected chi connectivity index (χ1v) is 8.83. The van der Waals surface area contributed by atoms with E-state index in [2.05, 4.69) is 20.6 Å². The van der Waals surface area contributed by atoms with Crippen molar-refractivity contribution in [3.63, 3.8) is 0 Å². The summed E-state index contributed by atoms with van der Waals surface area (Å²) in [5, 5.41) is 16.4. The third-order valence-electron chi connectivity index (χ3n) is 4.21. The van der Waals surface area contributed by atoms with Gasteiger partial charge in [-0.25, -0.2) is 4.68 Å². The monoisotopic (exact) mass is 375 g/mol. The molecule has 0 bridgehead atoms. The van der Waals surface area contributed by atoms with Gasteiger partial charge in [-0.1, -0.05) is 11.6 Å². The van der Waals surface area contributed by atoms with Gasteiger partial charge in [-0.15, -0.1) is 0 Å².